The summed E-state index contributed by atoms with van der Waals surface area (Å²) in [6.45, 7) is 2.02. The summed E-state index contributed by atoms with van der Waals surface area (Å²) in [6, 6.07) is 10.5. The molecule has 1 aromatic heterocycles. The Balaban J connectivity index is 2.39. The van der Waals surface area contributed by atoms with Crippen molar-refractivity contribution in [2.45, 2.75) is 12.8 Å². The van der Waals surface area contributed by atoms with Gasteiger partial charge in [-0.25, -0.2) is 9.37 Å². The van der Waals surface area contributed by atoms with Crippen LogP contribution in [0.3, 0.4) is 0 Å². The molecule has 0 aliphatic carbocycles. The van der Waals surface area contributed by atoms with Gasteiger partial charge >= 0.3 is 0 Å². The highest BCUT2D eigenvalue weighted by Gasteiger charge is 2.15. The first-order valence-corrected chi connectivity index (χ1v) is 7.43. The maximum atomic E-state index is 13.3. The van der Waals surface area contributed by atoms with Crippen molar-refractivity contribution in [2.75, 3.05) is 0 Å². The lowest BCUT2D eigenvalue weighted by molar-refractivity contribution is 0.626. The smallest absolute Gasteiger partial charge is 0.129 e. The van der Waals surface area contributed by atoms with Gasteiger partial charge in [-0.05, 0) is 52.7 Å². The van der Waals surface area contributed by atoms with Gasteiger partial charge in [0.2, 0.25) is 0 Å². The zero-order valence-electron chi connectivity index (χ0n) is 10.7. The van der Waals surface area contributed by atoms with E-state index in [1.165, 1.54) is 12.1 Å². The number of fused-ring (bicyclic) bond motifs is 1. The van der Waals surface area contributed by atoms with Crippen molar-refractivity contribution >= 4 is 38.6 Å². The van der Waals surface area contributed by atoms with Crippen molar-refractivity contribution in [3.8, 4) is 5.69 Å². The predicted molar refractivity (Wildman–Crippen MR) is 83.0 cm³/mol. The van der Waals surface area contributed by atoms with E-state index in [9.17, 15) is 4.39 Å². The average molecular weight is 354 g/mol. The summed E-state index contributed by atoms with van der Waals surface area (Å²) in [5.41, 5.74) is 3.81. The molecule has 102 valence electrons. The molecule has 0 amide bonds. The van der Waals surface area contributed by atoms with Crippen LogP contribution in [0.1, 0.15) is 11.4 Å². The van der Waals surface area contributed by atoms with Gasteiger partial charge in [-0.2, -0.15) is 0 Å². The van der Waals surface area contributed by atoms with E-state index in [0.717, 1.165) is 28.1 Å². The Morgan fingerprint density at radius 3 is 2.80 bits per heavy atom. The van der Waals surface area contributed by atoms with Gasteiger partial charge in [0.1, 0.15) is 11.6 Å². The van der Waals surface area contributed by atoms with Gasteiger partial charge in [0, 0.05) is 4.47 Å². The molecular formula is C15H11BrClFN2. The first-order valence-electron chi connectivity index (χ1n) is 6.10. The van der Waals surface area contributed by atoms with Gasteiger partial charge in [-0.15, -0.1) is 11.6 Å². The maximum absolute atomic E-state index is 13.3. The first kappa shape index (κ1) is 13.6. The van der Waals surface area contributed by atoms with Gasteiger partial charge in [0.15, 0.2) is 0 Å². The maximum Gasteiger partial charge on any atom is 0.129 e. The number of halogens is 3. The molecule has 0 radical (unpaired) electrons. The Morgan fingerprint density at radius 1 is 1.30 bits per heavy atom. The Labute approximate surface area is 129 Å². The van der Waals surface area contributed by atoms with Crippen molar-refractivity contribution in [2.24, 2.45) is 0 Å². The van der Waals surface area contributed by atoms with Crippen molar-refractivity contribution in [1.29, 1.82) is 0 Å². The number of alkyl halides is 1. The average Bonchev–Trinajstić information content (AvgIpc) is 2.79. The van der Waals surface area contributed by atoms with E-state index in [0.29, 0.717) is 4.47 Å². The van der Waals surface area contributed by atoms with Gasteiger partial charge in [-0.3, -0.25) is 4.57 Å². The summed E-state index contributed by atoms with van der Waals surface area (Å²) >= 11 is 9.43. The van der Waals surface area contributed by atoms with E-state index in [4.69, 9.17) is 11.6 Å². The summed E-state index contributed by atoms with van der Waals surface area (Å²) in [5, 5.41) is 0. The topological polar surface area (TPSA) is 17.8 Å². The number of benzene rings is 2. The van der Waals surface area contributed by atoms with Crippen molar-refractivity contribution in [3.05, 3.63) is 58.1 Å². The molecule has 5 heteroatoms. The number of nitrogens with zero attached hydrogens (tertiary/aromatic N) is 2. The number of rotatable bonds is 2. The van der Waals surface area contributed by atoms with E-state index in [1.807, 2.05) is 29.7 Å². The Hall–Kier alpha value is -1.39. The SMILES string of the molecule is Cc1cccc2nc(CCl)n(-c3ccc(F)cc3Br)c12. The molecule has 0 atom stereocenters. The number of aryl methyl sites for hydroxylation is 1. The fraction of sp³-hybridized carbons (Fsp3) is 0.133. The number of hydrogen-bond donors (Lipinski definition) is 0. The van der Waals surface area contributed by atoms with E-state index in [2.05, 4.69) is 20.9 Å². The fourth-order valence-electron chi connectivity index (χ4n) is 2.35. The lowest BCUT2D eigenvalue weighted by atomic mass is 10.2. The molecule has 1 heterocycles. The Morgan fingerprint density at radius 2 is 2.10 bits per heavy atom. The van der Waals surface area contributed by atoms with Crippen LogP contribution in [-0.2, 0) is 5.88 Å². The highest BCUT2D eigenvalue weighted by Crippen LogP contribution is 2.30. The van der Waals surface area contributed by atoms with E-state index >= 15 is 0 Å². The second-order valence-electron chi connectivity index (χ2n) is 4.54. The van der Waals surface area contributed by atoms with Gasteiger partial charge < -0.3 is 0 Å². The molecule has 0 spiro atoms. The van der Waals surface area contributed by atoms with Crippen molar-refractivity contribution in [3.63, 3.8) is 0 Å². The molecule has 0 saturated heterocycles. The van der Waals surface area contributed by atoms with Crippen molar-refractivity contribution < 1.29 is 4.39 Å². The predicted octanol–water partition coefficient (Wildman–Crippen LogP) is 4.97. The van der Waals surface area contributed by atoms with E-state index in [-0.39, 0.29) is 11.7 Å². The lowest BCUT2D eigenvalue weighted by Gasteiger charge is -2.11. The third-order valence-electron chi connectivity index (χ3n) is 3.22. The monoisotopic (exact) mass is 352 g/mol. The molecule has 0 aliphatic heterocycles. The normalized spacial score (nSPS) is 11.2. The molecular weight excluding hydrogens is 343 g/mol. The van der Waals surface area contributed by atoms with Crippen LogP contribution < -0.4 is 0 Å². The Bertz CT molecular complexity index is 798. The van der Waals surface area contributed by atoms with Crippen LogP contribution in [0, 0.1) is 12.7 Å². The summed E-state index contributed by atoms with van der Waals surface area (Å²) < 4.78 is 15.9. The summed E-state index contributed by atoms with van der Waals surface area (Å²) in [4.78, 5) is 4.55. The fourth-order valence-corrected chi connectivity index (χ4v) is 3.06. The van der Waals surface area contributed by atoms with E-state index in [1.54, 1.807) is 6.07 Å². The molecule has 0 unspecified atom stereocenters. The number of aromatic nitrogens is 2. The minimum Gasteiger partial charge on any atom is -0.294 e. The molecule has 0 N–H and O–H groups in total. The quantitative estimate of drug-likeness (QED) is 0.594. The second-order valence-corrected chi connectivity index (χ2v) is 5.66. The number of para-hydroxylation sites is 1. The zero-order valence-corrected chi connectivity index (χ0v) is 13.0. The zero-order chi connectivity index (χ0) is 14.3. The summed E-state index contributed by atoms with van der Waals surface area (Å²) in [7, 11) is 0. The number of hydrogen-bond acceptors (Lipinski definition) is 1. The van der Waals surface area contributed by atoms with Crippen LogP contribution in [0.25, 0.3) is 16.7 Å². The molecule has 3 aromatic rings. The van der Waals surface area contributed by atoms with Gasteiger partial charge in [-0.1, -0.05) is 12.1 Å². The Kier molecular flexibility index (Phi) is 3.52. The van der Waals surface area contributed by atoms with E-state index < -0.39 is 0 Å². The third kappa shape index (κ3) is 2.13. The molecule has 3 rings (SSSR count). The third-order valence-corrected chi connectivity index (χ3v) is 4.09. The van der Waals surface area contributed by atoms with Crippen LogP contribution >= 0.6 is 27.5 Å². The van der Waals surface area contributed by atoms with Crippen LogP contribution in [0.5, 0.6) is 0 Å². The molecule has 0 aliphatic rings. The lowest BCUT2D eigenvalue weighted by Crippen LogP contribution is -2.01. The van der Waals surface area contributed by atoms with Crippen LogP contribution in [0.2, 0.25) is 0 Å². The van der Waals surface area contributed by atoms with Crippen molar-refractivity contribution in [1.82, 2.24) is 9.55 Å². The number of imidazole rings is 1. The summed E-state index contributed by atoms with van der Waals surface area (Å²) in [6.07, 6.45) is 0. The first-order chi connectivity index (χ1) is 9.61. The standard InChI is InChI=1S/C15H11BrClFN2/c1-9-3-2-4-12-15(9)20(14(8-17)19-12)13-6-5-10(18)7-11(13)16/h2-7H,8H2,1H3. The highest BCUT2D eigenvalue weighted by molar-refractivity contribution is 9.10. The second kappa shape index (κ2) is 5.19. The van der Waals surface area contributed by atoms with Gasteiger partial charge in [0.05, 0.1) is 22.6 Å². The van der Waals surface area contributed by atoms with Crippen LogP contribution in [0.15, 0.2) is 40.9 Å². The molecule has 2 nitrogen and oxygen atoms in total. The van der Waals surface area contributed by atoms with Crippen LogP contribution in [-0.4, -0.2) is 9.55 Å². The highest BCUT2D eigenvalue weighted by atomic mass is 79.9. The van der Waals surface area contributed by atoms with Gasteiger partial charge in [0.25, 0.3) is 0 Å². The minimum absolute atomic E-state index is 0.283. The molecule has 0 bridgehead atoms. The molecule has 20 heavy (non-hydrogen) atoms. The molecule has 2 aromatic carbocycles. The largest absolute Gasteiger partial charge is 0.294 e. The minimum atomic E-state index is -0.283. The molecule has 0 fully saturated rings. The summed E-state index contributed by atoms with van der Waals surface area (Å²) in [5.74, 6) is 0.746. The van der Waals surface area contributed by atoms with Crippen LogP contribution in [0.4, 0.5) is 4.39 Å². The molecule has 0 saturated carbocycles.